The third-order valence-corrected chi connectivity index (χ3v) is 6.80. The van der Waals surface area contributed by atoms with E-state index in [1.165, 1.54) is 0 Å². The molecule has 2 aromatic rings. The molecular formula is C17H20N2O2S2. The molecule has 0 bridgehead atoms. The molecule has 1 aromatic carbocycles. The zero-order valence-corrected chi connectivity index (χ0v) is 14.9. The van der Waals surface area contributed by atoms with Crippen molar-refractivity contribution >= 4 is 33.9 Å². The lowest BCUT2D eigenvalue weighted by atomic mass is 10.1. The SMILES string of the molecule is CC1(C)CN(C(=O)Nc2ccccc2-c2cccs2)CC[S@]1=O. The van der Waals surface area contributed by atoms with Gasteiger partial charge in [0.2, 0.25) is 0 Å². The topological polar surface area (TPSA) is 49.4 Å². The molecule has 2 heterocycles. The van der Waals surface area contributed by atoms with Crippen molar-refractivity contribution in [2.45, 2.75) is 18.6 Å². The lowest BCUT2D eigenvalue weighted by Gasteiger charge is -2.37. The maximum absolute atomic E-state index is 12.6. The largest absolute Gasteiger partial charge is 0.322 e. The van der Waals surface area contributed by atoms with Gasteiger partial charge in [0, 0.05) is 40.1 Å². The molecule has 0 unspecified atom stereocenters. The molecule has 1 N–H and O–H groups in total. The van der Waals surface area contributed by atoms with E-state index in [9.17, 15) is 9.00 Å². The normalized spacial score (nSPS) is 20.3. The number of nitrogens with zero attached hydrogens (tertiary/aromatic N) is 1. The molecule has 0 aliphatic carbocycles. The van der Waals surface area contributed by atoms with Crippen LogP contribution in [0.3, 0.4) is 0 Å². The van der Waals surface area contributed by atoms with Crippen LogP contribution in [-0.4, -0.2) is 38.7 Å². The average Bonchev–Trinajstić information content (AvgIpc) is 3.04. The van der Waals surface area contributed by atoms with Crippen LogP contribution in [0.15, 0.2) is 41.8 Å². The standard InChI is InChI=1S/C17H20N2O2S2/c1-17(2)12-19(9-11-23(17)21)16(20)18-14-7-4-3-6-13(14)15-8-5-10-22-15/h3-8,10H,9,11-12H2,1-2H3,(H,18,20)/t23-/m1/s1. The maximum Gasteiger partial charge on any atom is 0.321 e. The van der Waals surface area contributed by atoms with Gasteiger partial charge >= 0.3 is 6.03 Å². The van der Waals surface area contributed by atoms with Crippen LogP contribution in [0.25, 0.3) is 10.4 Å². The Labute approximate surface area is 143 Å². The van der Waals surface area contributed by atoms with Gasteiger partial charge in [-0.25, -0.2) is 4.79 Å². The summed E-state index contributed by atoms with van der Waals surface area (Å²) in [5.74, 6) is 0.535. The fourth-order valence-electron chi connectivity index (χ4n) is 2.69. The van der Waals surface area contributed by atoms with Crippen LogP contribution in [-0.2, 0) is 10.8 Å². The number of hydrogen-bond donors (Lipinski definition) is 1. The number of amides is 2. The van der Waals surface area contributed by atoms with Gasteiger partial charge in [-0.1, -0.05) is 24.3 Å². The van der Waals surface area contributed by atoms with Crippen LogP contribution in [0.2, 0.25) is 0 Å². The molecule has 4 nitrogen and oxygen atoms in total. The van der Waals surface area contributed by atoms with E-state index in [4.69, 9.17) is 0 Å². The van der Waals surface area contributed by atoms with E-state index in [2.05, 4.69) is 5.32 Å². The average molecular weight is 348 g/mol. The summed E-state index contributed by atoms with van der Waals surface area (Å²) in [6.07, 6.45) is 0. The van der Waals surface area contributed by atoms with Gasteiger partial charge in [-0.05, 0) is 31.4 Å². The first-order valence-corrected chi connectivity index (χ1v) is 9.74. The van der Waals surface area contributed by atoms with Crippen molar-refractivity contribution < 1.29 is 9.00 Å². The third kappa shape index (κ3) is 3.48. The summed E-state index contributed by atoms with van der Waals surface area (Å²) >= 11 is 1.65. The van der Waals surface area contributed by atoms with Crippen molar-refractivity contribution in [1.29, 1.82) is 0 Å². The van der Waals surface area contributed by atoms with Crippen molar-refractivity contribution in [2.24, 2.45) is 0 Å². The lowest BCUT2D eigenvalue weighted by Crippen LogP contribution is -2.53. The Morgan fingerprint density at radius 1 is 1.26 bits per heavy atom. The fraction of sp³-hybridized carbons (Fsp3) is 0.353. The Hall–Kier alpha value is -1.66. The van der Waals surface area contributed by atoms with Crippen LogP contribution in [0.5, 0.6) is 0 Å². The molecule has 0 spiro atoms. The Kier molecular flexibility index (Phi) is 4.55. The first kappa shape index (κ1) is 16.2. The predicted octanol–water partition coefficient (Wildman–Crippen LogP) is 3.79. The van der Waals surface area contributed by atoms with Gasteiger partial charge in [-0.15, -0.1) is 11.3 Å². The minimum atomic E-state index is -0.883. The number of rotatable bonds is 2. The van der Waals surface area contributed by atoms with Crippen LogP contribution in [0, 0.1) is 0 Å². The van der Waals surface area contributed by atoms with E-state index in [0.29, 0.717) is 18.8 Å². The van der Waals surface area contributed by atoms with E-state index < -0.39 is 10.8 Å². The highest BCUT2D eigenvalue weighted by atomic mass is 32.2. The number of benzene rings is 1. The van der Waals surface area contributed by atoms with E-state index in [-0.39, 0.29) is 10.8 Å². The summed E-state index contributed by atoms with van der Waals surface area (Å²) in [6, 6.07) is 11.7. The highest BCUT2D eigenvalue weighted by Gasteiger charge is 2.35. The highest BCUT2D eigenvalue weighted by molar-refractivity contribution is 7.86. The second kappa shape index (κ2) is 6.45. The molecule has 1 aliphatic heterocycles. The fourth-order valence-corrected chi connectivity index (χ4v) is 4.69. The number of para-hydroxylation sites is 1. The van der Waals surface area contributed by atoms with Gasteiger partial charge in [0.15, 0.2) is 0 Å². The predicted molar refractivity (Wildman–Crippen MR) is 97.4 cm³/mol. The summed E-state index contributed by atoms with van der Waals surface area (Å²) < 4.78 is 11.6. The van der Waals surface area contributed by atoms with Crippen molar-refractivity contribution in [3.63, 3.8) is 0 Å². The zero-order valence-electron chi connectivity index (χ0n) is 13.2. The van der Waals surface area contributed by atoms with Gasteiger partial charge in [0.05, 0.1) is 10.4 Å². The van der Waals surface area contributed by atoms with Gasteiger partial charge < -0.3 is 10.2 Å². The van der Waals surface area contributed by atoms with Gasteiger partial charge in [-0.2, -0.15) is 0 Å². The Morgan fingerprint density at radius 2 is 2.04 bits per heavy atom. The van der Waals surface area contributed by atoms with Crippen LogP contribution in [0.4, 0.5) is 10.5 Å². The summed E-state index contributed by atoms with van der Waals surface area (Å²) in [4.78, 5) is 15.5. The molecule has 0 saturated carbocycles. The molecule has 6 heteroatoms. The number of urea groups is 1. The van der Waals surface area contributed by atoms with Crippen LogP contribution in [0.1, 0.15) is 13.8 Å². The Balaban J connectivity index is 1.78. The lowest BCUT2D eigenvalue weighted by molar-refractivity contribution is 0.207. The zero-order chi connectivity index (χ0) is 16.4. The van der Waals surface area contributed by atoms with E-state index in [1.807, 2.05) is 55.6 Å². The molecule has 2 amide bonds. The molecule has 23 heavy (non-hydrogen) atoms. The first-order chi connectivity index (χ1) is 11.0. The molecule has 1 fully saturated rings. The minimum absolute atomic E-state index is 0.126. The molecule has 0 radical (unpaired) electrons. The van der Waals surface area contributed by atoms with Crippen LogP contribution < -0.4 is 5.32 Å². The molecule has 1 atom stereocenters. The van der Waals surface area contributed by atoms with Gasteiger partial charge in [0.1, 0.15) is 0 Å². The van der Waals surface area contributed by atoms with Gasteiger partial charge in [-0.3, -0.25) is 4.21 Å². The quantitative estimate of drug-likeness (QED) is 0.898. The monoisotopic (exact) mass is 348 g/mol. The minimum Gasteiger partial charge on any atom is -0.322 e. The second-order valence-electron chi connectivity index (χ2n) is 6.18. The highest BCUT2D eigenvalue weighted by Crippen LogP contribution is 2.31. The molecule has 122 valence electrons. The molecule has 1 aromatic heterocycles. The Morgan fingerprint density at radius 3 is 2.74 bits per heavy atom. The number of carbonyl (C=O) groups excluding carboxylic acids is 1. The van der Waals surface area contributed by atoms with Gasteiger partial charge in [0.25, 0.3) is 0 Å². The van der Waals surface area contributed by atoms with E-state index in [0.717, 1.165) is 16.1 Å². The number of hydrogen-bond acceptors (Lipinski definition) is 3. The van der Waals surface area contributed by atoms with E-state index >= 15 is 0 Å². The summed E-state index contributed by atoms with van der Waals surface area (Å²) in [5.41, 5.74) is 1.83. The third-order valence-electron chi connectivity index (χ3n) is 3.98. The number of thiophene rings is 1. The number of anilines is 1. The number of nitrogens with one attached hydrogen (secondary N) is 1. The number of carbonyl (C=O) groups is 1. The molecule has 1 saturated heterocycles. The maximum atomic E-state index is 12.6. The van der Waals surface area contributed by atoms with E-state index in [1.54, 1.807) is 16.2 Å². The van der Waals surface area contributed by atoms with Crippen LogP contribution >= 0.6 is 11.3 Å². The van der Waals surface area contributed by atoms with Crippen molar-refractivity contribution in [1.82, 2.24) is 4.90 Å². The summed E-state index contributed by atoms with van der Waals surface area (Å²) in [5, 5.41) is 5.04. The molecule has 3 rings (SSSR count). The van der Waals surface area contributed by atoms with Crippen molar-refractivity contribution in [3.05, 3.63) is 41.8 Å². The summed E-state index contributed by atoms with van der Waals surface area (Å²) in [6.45, 7) is 4.93. The first-order valence-electron chi connectivity index (χ1n) is 7.55. The Bertz CT molecular complexity index is 726. The second-order valence-corrected chi connectivity index (χ2v) is 9.34. The van der Waals surface area contributed by atoms with Crippen molar-refractivity contribution in [3.8, 4) is 10.4 Å². The molecule has 1 aliphatic rings. The summed E-state index contributed by atoms with van der Waals surface area (Å²) in [7, 11) is -0.883. The molecular weight excluding hydrogens is 328 g/mol. The smallest absolute Gasteiger partial charge is 0.321 e. The van der Waals surface area contributed by atoms with Crippen molar-refractivity contribution in [2.75, 3.05) is 24.2 Å².